The normalized spacial score (nSPS) is 26.2. The second-order valence-corrected chi connectivity index (χ2v) is 7.58. The first-order chi connectivity index (χ1) is 10.5. The van der Waals surface area contributed by atoms with E-state index in [2.05, 4.69) is 35.5 Å². The van der Waals surface area contributed by atoms with Gasteiger partial charge in [-0.1, -0.05) is 19.9 Å². The van der Waals surface area contributed by atoms with Crippen molar-refractivity contribution >= 4 is 23.2 Å². The molecule has 2 saturated heterocycles. The van der Waals surface area contributed by atoms with Gasteiger partial charge in [0.05, 0.1) is 0 Å². The van der Waals surface area contributed by atoms with Gasteiger partial charge in [0, 0.05) is 31.1 Å². The summed E-state index contributed by atoms with van der Waals surface area (Å²) in [5.74, 6) is 0.487. The van der Waals surface area contributed by atoms with Crippen LogP contribution in [0.15, 0.2) is 17.5 Å². The van der Waals surface area contributed by atoms with Crippen molar-refractivity contribution < 1.29 is 9.59 Å². The predicted molar refractivity (Wildman–Crippen MR) is 86.5 cm³/mol. The molecule has 3 rings (SSSR count). The molecule has 2 aliphatic heterocycles. The van der Waals surface area contributed by atoms with E-state index < -0.39 is 0 Å². The minimum atomic E-state index is -0.340. The number of nitrogens with zero attached hydrogens (tertiary/aromatic N) is 2. The summed E-state index contributed by atoms with van der Waals surface area (Å²) in [4.78, 5) is 30.3. The number of hydrogen-bond acceptors (Lipinski definition) is 4. The summed E-state index contributed by atoms with van der Waals surface area (Å²) in [6.45, 7) is 7.12. The lowest BCUT2D eigenvalue weighted by molar-refractivity contribution is -0.153. The number of amides is 2. The van der Waals surface area contributed by atoms with Crippen molar-refractivity contribution in [2.75, 3.05) is 19.6 Å². The first-order valence-corrected chi connectivity index (χ1v) is 8.78. The Bertz CT molecular complexity index is 544. The summed E-state index contributed by atoms with van der Waals surface area (Å²) in [5.41, 5.74) is 0. The molecule has 2 amide bonds. The van der Waals surface area contributed by atoms with Crippen LogP contribution in [0, 0.1) is 5.92 Å². The minimum Gasteiger partial charge on any atom is -0.342 e. The van der Waals surface area contributed by atoms with E-state index in [1.54, 1.807) is 16.2 Å². The monoisotopic (exact) mass is 321 g/mol. The average Bonchev–Trinajstić information content (AvgIpc) is 2.97. The summed E-state index contributed by atoms with van der Waals surface area (Å²) in [7, 11) is 0. The van der Waals surface area contributed by atoms with Gasteiger partial charge in [0.1, 0.15) is 12.1 Å². The Balaban J connectivity index is 1.65. The zero-order chi connectivity index (χ0) is 15.7. The van der Waals surface area contributed by atoms with Gasteiger partial charge in [-0.3, -0.25) is 14.5 Å². The third-order valence-corrected chi connectivity index (χ3v) is 5.19. The maximum absolute atomic E-state index is 12.6. The van der Waals surface area contributed by atoms with Crippen molar-refractivity contribution in [3.63, 3.8) is 0 Å². The van der Waals surface area contributed by atoms with Crippen LogP contribution >= 0.6 is 11.3 Å². The van der Waals surface area contributed by atoms with Crippen LogP contribution in [0.2, 0.25) is 0 Å². The number of piperazine rings is 2. The van der Waals surface area contributed by atoms with Gasteiger partial charge in [0.2, 0.25) is 11.8 Å². The molecule has 0 aliphatic carbocycles. The Kier molecular flexibility index (Phi) is 4.49. The highest BCUT2D eigenvalue weighted by Gasteiger charge is 2.43. The van der Waals surface area contributed by atoms with Crippen molar-refractivity contribution in [3.05, 3.63) is 22.4 Å². The van der Waals surface area contributed by atoms with Gasteiger partial charge in [-0.25, -0.2) is 0 Å². The van der Waals surface area contributed by atoms with Crippen molar-refractivity contribution in [2.45, 2.75) is 38.9 Å². The fourth-order valence-corrected chi connectivity index (χ4v) is 4.00. The van der Waals surface area contributed by atoms with Crippen molar-refractivity contribution in [3.8, 4) is 0 Å². The van der Waals surface area contributed by atoms with E-state index >= 15 is 0 Å². The molecule has 3 heterocycles. The number of nitrogens with one attached hydrogen (secondary N) is 1. The number of hydrogen-bond donors (Lipinski definition) is 1. The SMILES string of the molecule is CC(C)C[C@@H]1NC(=O)[C@H]2CN(Cc3cccs3)CCN2C1=O. The first-order valence-electron chi connectivity index (χ1n) is 7.90. The van der Waals surface area contributed by atoms with Crippen LogP contribution in [0.1, 0.15) is 25.1 Å². The fraction of sp³-hybridized carbons (Fsp3) is 0.625. The Morgan fingerprint density at radius 2 is 2.18 bits per heavy atom. The third kappa shape index (κ3) is 3.17. The molecular weight excluding hydrogens is 298 g/mol. The smallest absolute Gasteiger partial charge is 0.245 e. The quantitative estimate of drug-likeness (QED) is 0.910. The molecule has 5 nitrogen and oxygen atoms in total. The Labute approximate surface area is 135 Å². The molecule has 2 fully saturated rings. The van der Waals surface area contributed by atoms with Crippen LogP contribution in [-0.4, -0.2) is 53.3 Å². The average molecular weight is 321 g/mol. The molecule has 0 unspecified atom stereocenters. The molecule has 22 heavy (non-hydrogen) atoms. The zero-order valence-corrected chi connectivity index (χ0v) is 13.9. The summed E-state index contributed by atoms with van der Waals surface area (Å²) < 4.78 is 0. The lowest BCUT2D eigenvalue weighted by Crippen LogP contribution is -2.69. The van der Waals surface area contributed by atoms with E-state index in [1.807, 2.05) is 6.07 Å². The van der Waals surface area contributed by atoms with Crippen molar-refractivity contribution in [2.24, 2.45) is 5.92 Å². The lowest BCUT2D eigenvalue weighted by atomic mass is 9.97. The summed E-state index contributed by atoms with van der Waals surface area (Å²) >= 11 is 1.73. The van der Waals surface area contributed by atoms with E-state index in [-0.39, 0.29) is 23.9 Å². The van der Waals surface area contributed by atoms with Crippen LogP contribution in [0.25, 0.3) is 0 Å². The van der Waals surface area contributed by atoms with Gasteiger partial charge in [0.15, 0.2) is 0 Å². The largest absolute Gasteiger partial charge is 0.342 e. The molecule has 1 N–H and O–H groups in total. The second-order valence-electron chi connectivity index (χ2n) is 6.55. The molecule has 1 aromatic heterocycles. The molecule has 0 radical (unpaired) electrons. The Morgan fingerprint density at radius 3 is 2.86 bits per heavy atom. The number of rotatable bonds is 4. The van der Waals surface area contributed by atoms with E-state index in [4.69, 9.17) is 0 Å². The number of thiophene rings is 1. The molecule has 120 valence electrons. The summed E-state index contributed by atoms with van der Waals surface area (Å²) in [6, 6.07) is 3.49. The highest BCUT2D eigenvalue weighted by atomic mass is 32.1. The molecule has 0 spiro atoms. The first kappa shape index (κ1) is 15.5. The zero-order valence-electron chi connectivity index (χ0n) is 13.1. The van der Waals surface area contributed by atoms with Gasteiger partial charge in [-0.2, -0.15) is 0 Å². The standard InChI is InChI=1S/C16H23N3O2S/c1-11(2)8-13-16(21)19-6-5-18(9-12-4-3-7-22-12)10-14(19)15(20)17-13/h3-4,7,11,13-14H,5-6,8-10H2,1-2H3,(H,17,20)/t13-,14+/m0/s1. The lowest BCUT2D eigenvalue weighted by Gasteiger charge is -2.45. The molecule has 2 aliphatic rings. The maximum atomic E-state index is 12.6. The Hall–Kier alpha value is -1.40. The predicted octanol–water partition coefficient (Wildman–Crippen LogP) is 1.31. The van der Waals surface area contributed by atoms with Crippen LogP contribution in [-0.2, 0) is 16.1 Å². The number of fused-ring (bicyclic) bond motifs is 1. The van der Waals surface area contributed by atoms with Crippen LogP contribution in [0.3, 0.4) is 0 Å². The van der Waals surface area contributed by atoms with Crippen LogP contribution in [0.4, 0.5) is 0 Å². The number of carbonyl (C=O) groups excluding carboxylic acids is 2. The molecule has 0 aromatic carbocycles. The molecule has 1 aromatic rings. The Morgan fingerprint density at radius 1 is 1.36 bits per heavy atom. The maximum Gasteiger partial charge on any atom is 0.245 e. The summed E-state index contributed by atoms with van der Waals surface area (Å²) in [5, 5.41) is 4.99. The van der Waals surface area contributed by atoms with Crippen molar-refractivity contribution in [1.82, 2.24) is 15.1 Å². The molecule has 2 atom stereocenters. The topological polar surface area (TPSA) is 52.7 Å². The van der Waals surface area contributed by atoms with Gasteiger partial charge >= 0.3 is 0 Å². The molecule has 0 saturated carbocycles. The minimum absolute atomic E-state index is 0.00105. The second kappa shape index (κ2) is 6.38. The van der Waals surface area contributed by atoms with E-state index in [0.717, 1.165) is 13.1 Å². The van der Waals surface area contributed by atoms with Crippen molar-refractivity contribution in [1.29, 1.82) is 0 Å². The van der Waals surface area contributed by atoms with E-state index in [0.29, 0.717) is 25.4 Å². The van der Waals surface area contributed by atoms with Crippen LogP contribution in [0.5, 0.6) is 0 Å². The third-order valence-electron chi connectivity index (χ3n) is 4.33. The highest BCUT2D eigenvalue weighted by Crippen LogP contribution is 2.21. The van der Waals surface area contributed by atoms with Gasteiger partial charge in [0.25, 0.3) is 0 Å². The van der Waals surface area contributed by atoms with Crippen LogP contribution < -0.4 is 5.32 Å². The number of carbonyl (C=O) groups is 2. The van der Waals surface area contributed by atoms with E-state index in [1.165, 1.54) is 4.88 Å². The molecule has 6 heteroatoms. The van der Waals surface area contributed by atoms with Gasteiger partial charge < -0.3 is 10.2 Å². The van der Waals surface area contributed by atoms with E-state index in [9.17, 15) is 9.59 Å². The molecule has 0 bridgehead atoms. The highest BCUT2D eigenvalue weighted by molar-refractivity contribution is 7.09. The summed E-state index contributed by atoms with van der Waals surface area (Å²) in [6.07, 6.45) is 0.715. The molecular formula is C16H23N3O2S. The van der Waals surface area contributed by atoms with Gasteiger partial charge in [-0.15, -0.1) is 11.3 Å². The van der Waals surface area contributed by atoms with Gasteiger partial charge in [-0.05, 0) is 23.8 Å². The fourth-order valence-electron chi connectivity index (χ4n) is 3.26.